The van der Waals surface area contributed by atoms with E-state index in [1.165, 1.54) is 25.3 Å². The highest BCUT2D eigenvalue weighted by atomic mass is 32.2. The Morgan fingerprint density at radius 3 is 2.04 bits per heavy atom. The fraction of sp³-hybridized carbons (Fsp3) is 0.333. The molecule has 148 valence electrons. The Morgan fingerprint density at radius 1 is 0.963 bits per heavy atom. The smallest absolute Gasteiger partial charge is 0.262 e. The van der Waals surface area contributed by atoms with Gasteiger partial charge in [0.25, 0.3) is 10.0 Å². The number of halogens is 1. The monoisotopic (exact) mass is 415 g/mol. The van der Waals surface area contributed by atoms with Gasteiger partial charge in [-0.25, -0.2) is 21.2 Å². The zero-order valence-electron chi connectivity index (χ0n) is 15.3. The maximum absolute atomic E-state index is 13.0. The molecular formula is C18H22FNO5S2. The number of sulfone groups is 1. The summed E-state index contributed by atoms with van der Waals surface area (Å²) in [5.74, 6) is -0.394. The van der Waals surface area contributed by atoms with Crippen LogP contribution >= 0.6 is 0 Å². The summed E-state index contributed by atoms with van der Waals surface area (Å²) < 4.78 is 71.1. The first-order valence-corrected chi connectivity index (χ1v) is 11.4. The van der Waals surface area contributed by atoms with Gasteiger partial charge in [-0.2, -0.15) is 0 Å². The van der Waals surface area contributed by atoms with Crippen molar-refractivity contribution in [1.82, 2.24) is 0 Å². The molecule has 0 atom stereocenters. The van der Waals surface area contributed by atoms with Crippen LogP contribution in [0.4, 0.5) is 10.1 Å². The van der Waals surface area contributed by atoms with Crippen LogP contribution in [0.25, 0.3) is 0 Å². The van der Waals surface area contributed by atoms with Crippen LogP contribution < -0.4 is 9.46 Å². The molecule has 0 amide bonds. The first-order valence-electron chi connectivity index (χ1n) is 8.36. The van der Waals surface area contributed by atoms with Crippen LogP contribution in [0.5, 0.6) is 5.75 Å². The third kappa shape index (κ3) is 4.59. The molecule has 1 N–H and O–H groups in total. The summed E-state index contributed by atoms with van der Waals surface area (Å²) in [7, 11) is -6.31. The molecule has 0 heterocycles. The topological polar surface area (TPSA) is 89.5 Å². The number of hydrogen-bond donors (Lipinski definition) is 1. The summed E-state index contributed by atoms with van der Waals surface area (Å²) >= 11 is 0. The van der Waals surface area contributed by atoms with E-state index in [1.54, 1.807) is 13.8 Å². The number of benzene rings is 2. The summed E-state index contributed by atoms with van der Waals surface area (Å²) in [6.07, 6.45) is 0.892. The minimum Gasteiger partial charge on any atom is -0.495 e. The van der Waals surface area contributed by atoms with Crippen molar-refractivity contribution in [1.29, 1.82) is 0 Å². The van der Waals surface area contributed by atoms with Gasteiger partial charge in [-0.05, 0) is 55.3 Å². The third-order valence-electron chi connectivity index (χ3n) is 4.22. The molecule has 0 saturated heterocycles. The highest BCUT2D eigenvalue weighted by Gasteiger charge is 2.26. The Kier molecular flexibility index (Phi) is 6.48. The van der Waals surface area contributed by atoms with Crippen LogP contribution in [0.15, 0.2) is 52.3 Å². The van der Waals surface area contributed by atoms with Crippen molar-refractivity contribution in [2.75, 3.05) is 11.8 Å². The molecule has 2 rings (SSSR count). The number of ether oxygens (including phenoxy) is 1. The standard InChI is InChI=1S/C18H22FNO5S2/c1-4-14(5-2)26(21,22)16-10-11-18(25-3)17(12-16)20-27(23,24)15-8-6-13(19)7-9-15/h6-12,14,20H,4-5H2,1-3H3. The number of hydrogen-bond acceptors (Lipinski definition) is 5. The normalized spacial score (nSPS) is 12.2. The Balaban J connectivity index is 2.48. The molecule has 0 spiro atoms. The van der Waals surface area contributed by atoms with E-state index < -0.39 is 30.9 Å². The highest BCUT2D eigenvalue weighted by Crippen LogP contribution is 2.32. The Bertz CT molecular complexity index is 999. The van der Waals surface area contributed by atoms with Crippen LogP contribution in [0, 0.1) is 5.82 Å². The van der Waals surface area contributed by atoms with E-state index in [1.807, 2.05) is 0 Å². The second-order valence-corrected chi connectivity index (χ2v) is 9.82. The molecule has 0 fully saturated rings. The van der Waals surface area contributed by atoms with Crippen molar-refractivity contribution in [3.63, 3.8) is 0 Å². The minimum atomic E-state index is -4.05. The van der Waals surface area contributed by atoms with Crippen molar-refractivity contribution in [3.05, 3.63) is 48.3 Å². The minimum absolute atomic E-state index is 0.00569. The maximum Gasteiger partial charge on any atom is 0.262 e. The van der Waals surface area contributed by atoms with Gasteiger partial charge in [0.2, 0.25) is 0 Å². The van der Waals surface area contributed by atoms with Crippen LogP contribution in [0.2, 0.25) is 0 Å². The molecule has 0 aliphatic heterocycles. The van der Waals surface area contributed by atoms with Gasteiger partial charge in [0.15, 0.2) is 9.84 Å². The van der Waals surface area contributed by atoms with Crippen molar-refractivity contribution in [2.45, 2.75) is 41.7 Å². The van der Waals surface area contributed by atoms with Crippen molar-refractivity contribution in [2.24, 2.45) is 0 Å². The number of methoxy groups -OCH3 is 1. The molecule has 0 bridgehead atoms. The van der Waals surface area contributed by atoms with E-state index in [0.29, 0.717) is 12.8 Å². The van der Waals surface area contributed by atoms with E-state index in [2.05, 4.69) is 4.72 Å². The van der Waals surface area contributed by atoms with E-state index >= 15 is 0 Å². The van der Waals surface area contributed by atoms with Crippen molar-refractivity contribution >= 4 is 25.5 Å². The number of anilines is 1. The van der Waals surface area contributed by atoms with Gasteiger partial charge in [-0.15, -0.1) is 0 Å². The molecule has 0 unspecified atom stereocenters. The lowest BCUT2D eigenvalue weighted by atomic mass is 10.3. The SMILES string of the molecule is CCC(CC)S(=O)(=O)c1ccc(OC)c(NS(=O)(=O)c2ccc(F)cc2)c1. The summed E-state index contributed by atoms with van der Waals surface area (Å²) in [6.45, 7) is 3.57. The molecule has 0 aromatic heterocycles. The molecule has 6 nitrogen and oxygen atoms in total. The van der Waals surface area contributed by atoms with Crippen LogP contribution in [-0.2, 0) is 19.9 Å². The molecule has 0 aliphatic carbocycles. The van der Waals surface area contributed by atoms with Crippen LogP contribution in [0.3, 0.4) is 0 Å². The summed E-state index contributed by atoms with van der Waals surface area (Å²) in [5.41, 5.74) is -0.00569. The third-order valence-corrected chi connectivity index (χ3v) is 8.05. The predicted molar refractivity (Wildman–Crippen MR) is 102 cm³/mol. The highest BCUT2D eigenvalue weighted by molar-refractivity contribution is 7.93. The number of nitrogens with one attached hydrogen (secondary N) is 1. The van der Waals surface area contributed by atoms with Gasteiger partial charge >= 0.3 is 0 Å². The largest absolute Gasteiger partial charge is 0.495 e. The Labute approximate surface area is 159 Å². The molecule has 27 heavy (non-hydrogen) atoms. The van der Waals surface area contributed by atoms with Gasteiger partial charge in [-0.3, -0.25) is 4.72 Å². The fourth-order valence-corrected chi connectivity index (χ4v) is 5.54. The molecule has 9 heteroatoms. The first kappa shape index (κ1) is 21.2. The molecule has 0 radical (unpaired) electrons. The quantitative estimate of drug-likeness (QED) is 0.712. The van der Waals surface area contributed by atoms with Gasteiger partial charge in [0.1, 0.15) is 11.6 Å². The van der Waals surface area contributed by atoms with E-state index in [4.69, 9.17) is 4.74 Å². The zero-order valence-corrected chi connectivity index (χ0v) is 16.9. The van der Waals surface area contributed by atoms with E-state index in [9.17, 15) is 21.2 Å². The maximum atomic E-state index is 13.0. The summed E-state index contributed by atoms with van der Waals surface area (Å²) in [5, 5.41) is -0.563. The molecular weight excluding hydrogens is 393 g/mol. The summed E-state index contributed by atoms with van der Waals surface area (Å²) in [6, 6.07) is 8.33. The first-order chi connectivity index (χ1) is 12.7. The lowest BCUT2D eigenvalue weighted by Crippen LogP contribution is -2.20. The molecule has 2 aromatic carbocycles. The average Bonchev–Trinajstić information content (AvgIpc) is 2.62. The predicted octanol–water partition coefficient (Wildman–Crippen LogP) is 3.60. The van der Waals surface area contributed by atoms with Crippen molar-refractivity contribution < 1.29 is 26.0 Å². The molecule has 2 aromatic rings. The number of rotatable bonds is 8. The van der Waals surface area contributed by atoms with E-state index in [0.717, 1.165) is 24.3 Å². The van der Waals surface area contributed by atoms with Gasteiger partial charge in [-0.1, -0.05) is 13.8 Å². The van der Waals surface area contributed by atoms with Gasteiger partial charge in [0, 0.05) is 0 Å². The fourth-order valence-electron chi connectivity index (χ4n) is 2.68. The number of sulfonamides is 1. The second-order valence-electron chi connectivity index (χ2n) is 5.91. The Morgan fingerprint density at radius 2 is 1.52 bits per heavy atom. The van der Waals surface area contributed by atoms with Gasteiger partial charge < -0.3 is 4.74 Å². The van der Waals surface area contributed by atoms with Crippen LogP contribution in [0.1, 0.15) is 26.7 Å². The lowest BCUT2D eigenvalue weighted by molar-refractivity contribution is 0.416. The van der Waals surface area contributed by atoms with Crippen molar-refractivity contribution in [3.8, 4) is 5.75 Å². The van der Waals surface area contributed by atoms with Gasteiger partial charge in [0.05, 0.1) is 27.8 Å². The molecule has 0 aliphatic rings. The molecule has 0 saturated carbocycles. The Hall–Kier alpha value is -2.13. The van der Waals surface area contributed by atoms with E-state index in [-0.39, 0.29) is 21.2 Å². The lowest BCUT2D eigenvalue weighted by Gasteiger charge is -2.17. The average molecular weight is 416 g/mol. The zero-order chi connectivity index (χ0) is 20.2. The second kappa shape index (κ2) is 8.26. The summed E-state index contributed by atoms with van der Waals surface area (Å²) in [4.78, 5) is -0.145. The van der Waals surface area contributed by atoms with Crippen LogP contribution in [-0.4, -0.2) is 29.2 Å².